The van der Waals surface area contributed by atoms with Gasteiger partial charge in [0.2, 0.25) is 0 Å². The van der Waals surface area contributed by atoms with Crippen LogP contribution in [-0.2, 0) is 0 Å². The molecule has 0 N–H and O–H groups in total. The third-order valence-corrected chi connectivity index (χ3v) is 4.38. The average Bonchev–Trinajstić information content (AvgIpc) is 2.59. The Morgan fingerprint density at radius 1 is 0.600 bits per heavy atom. The summed E-state index contributed by atoms with van der Waals surface area (Å²) < 4.78 is 40.8. The molecule has 0 radical (unpaired) electrons. The van der Waals surface area contributed by atoms with Crippen LogP contribution >= 0.6 is 0 Å². The van der Waals surface area contributed by atoms with Gasteiger partial charge >= 0.3 is 0 Å². The maximum Gasteiger partial charge on any atom is 0.159 e. The lowest BCUT2D eigenvalue weighted by Gasteiger charge is -2.13. The van der Waals surface area contributed by atoms with Crippen molar-refractivity contribution in [3.8, 4) is 22.3 Å². The van der Waals surface area contributed by atoms with Crippen LogP contribution in [0, 0.1) is 24.4 Å². The molecule has 0 unspecified atom stereocenters. The summed E-state index contributed by atoms with van der Waals surface area (Å²) in [5.41, 5.74) is 4.62. The fourth-order valence-corrected chi connectivity index (χ4v) is 2.77. The van der Waals surface area contributed by atoms with Crippen LogP contribution < -0.4 is 0 Å². The molecule has 0 spiro atoms. The van der Waals surface area contributed by atoms with E-state index in [1.54, 1.807) is 19.1 Å². The summed E-state index contributed by atoms with van der Waals surface area (Å²) in [5.74, 6) is -1.76. The highest BCUT2D eigenvalue weighted by molar-refractivity contribution is 5.74. The van der Waals surface area contributed by atoms with Crippen molar-refractivity contribution >= 4 is 0 Å². The first kappa shape index (κ1) is 17.3. The molecule has 0 saturated heterocycles. The van der Waals surface area contributed by atoms with Crippen molar-refractivity contribution in [2.75, 3.05) is 0 Å². The molecule has 0 aliphatic rings. The van der Waals surface area contributed by atoms with Gasteiger partial charge in [0.15, 0.2) is 11.6 Å². The van der Waals surface area contributed by atoms with Gasteiger partial charge in [-0.15, -0.1) is 0 Å². The van der Waals surface area contributed by atoms with E-state index in [0.29, 0.717) is 11.1 Å². The van der Waals surface area contributed by atoms with Gasteiger partial charge in [0.25, 0.3) is 0 Å². The van der Waals surface area contributed by atoms with Gasteiger partial charge in [-0.05, 0) is 70.5 Å². The Kier molecular flexibility index (Phi) is 4.67. The van der Waals surface area contributed by atoms with E-state index in [9.17, 15) is 13.2 Å². The van der Waals surface area contributed by atoms with Gasteiger partial charge in [0.1, 0.15) is 5.82 Å². The predicted molar refractivity (Wildman–Crippen MR) is 96.0 cm³/mol. The first-order chi connectivity index (χ1) is 11.8. The monoisotopic (exact) mass is 340 g/mol. The zero-order valence-electron chi connectivity index (χ0n) is 14.4. The fourth-order valence-electron chi connectivity index (χ4n) is 2.77. The summed E-state index contributed by atoms with van der Waals surface area (Å²) in [6.07, 6.45) is 0. The molecular weight excluding hydrogens is 321 g/mol. The molecule has 3 aromatic carbocycles. The summed E-state index contributed by atoms with van der Waals surface area (Å²) >= 11 is 0. The van der Waals surface area contributed by atoms with Crippen LogP contribution in [0.25, 0.3) is 22.3 Å². The minimum Gasteiger partial charge on any atom is -0.207 e. The van der Waals surface area contributed by atoms with Gasteiger partial charge < -0.3 is 0 Å². The molecule has 3 rings (SSSR count). The molecule has 3 heteroatoms. The molecular formula is C22H19F3. The zero-order valence-corrected chi connectivity index (χ0v) is 14.4. The lowest BCUT2D eigenvalue weighted by Crippen LogP contribution is -1.93. The fraction of sp³-hybridized carbons (Fsp3) is 0.182. The lowest BCUT2D eigenvalue weighted by molar-refractivity contribution is 0.509. The SMILES string of the molecule is Cc1ccc(-c2cc(-c3ccc(F)c(F)c3)cc(C(C)C)c2)cc1F. The standard InChI is InChI=1S/C22H19F3/c1-13(2)17-8-18(15-5-4-14(3)21(24)11-15)10-19(9-17)16-6-7-20(23)22(25)12-16/h4-13H,1-3H3. The third kappa shape index (κ3) is 3.60. The molecule has 0 atom stereocenters. The quantitative estimate of drug-likeness (QED) is 0.488. The van der Waals surface area contributed by atoms with Crippen molar-refractivity contribution in [1.29, 1.82) is 0 Å². The molecule has 128 valence electrons. The highest BCUT2D eigenvalue weighted by atomic mass is 19.2. The van der Waals surface area contributed by atoms with Gasteiger partial charge in [-0.25, -0.2) is 13.2 Å². The number of hydrogen-bond acceptors (Lipinski definition) is 0. The molecule has 0 fully saturated rings. The minimum atomic E-state index is -0.879. The third-order valence-electron chi connectivity index (χ3n) is 4.38. The number of aryl methyl sites for hydroxylation is 1. The number of benzene rings is 3. The Labute approximate surface area is 146 Å². The zero-order chi connectivity index (χ0) is 18.1. The van der Waals surface area contributed by atoms with E-state index < -0.39 is 11.6 Å². The molecule has 0 nitrogen and oxygen atoms in total. The molecule has 0 aliphatic heterocycles. The Balaban J connectivity index is 2.17. The summed E-state index contributed by atoms with van der Waals surface area (Å²) in [6.45, 7) is 5.84. The normalized spacial score (nSPS) is 11.2. The Bertz CT molecular complexity index is 857. The Morgan fingerprint density at radius 3 is 1.68 bits per heavy atom. The van der Waals surface area contributed by atoms with Crippen LogP contribution in [0.1, 0.15) is 30.9 Å². The van der Waals surface area contributed by atoms with Gasteiger partial charge in [-0.1, -0.05) is 44.2 Å². The van der Waals surface area contributed by atoms with Crippen LogP contribution in [0.5, 0.6) is 0 Å². The van der Waals surface area contributed by atoms with Gasteiger partial charge in [-0.3, -0.25) is 0 Å². The maximum absolute atomic E-state index is 14.0. The maximum atomic E-state index is 14.0. The Morgan fingerprint density at radius 2 is 1.16 bits per heavy atom. The molecule has 0 bridgehead atoms. The van der Waals surface area contributed by atoms with Crippen molar-refractivity contribution in [3.05, 3.63) is 83.2 Å². The number of hydrogen-bond donors (Lipinski definition) is 0. The summed E-state index contributed by atoms with van der Waals surface area (Å²) in [6, 6.07) is 14.8. The topological polar surface area (TPSA) is 0 Å². The smallest absolute Gasteiger partial charge is 0.159 e. The molecule has 3 aromatic rings. The van der Waals surface area contributed by atoms with Crippen LogP contribution in [0.4, 0.5) is 13.2 Å². The van der Waals surface area contributed by atoms with Crippen LogP contribution in [0.2, 0.25) is 0 Å². The second-order valence-electron chi connectivity index (χ2n) is 6.59. The molecule has 0 heterocycles. The van der Waals surface area contributed by atoms with Crippen LogP contribution in [0.3, 0.4) is 0 Å². The largest absolute Gasteiger partial charge is 0.207 e. The van der Waals surface area contributed by atoms with Crippen molar-refractivity contribution in [2.24, 2.45) is 0 Å². The second kappa shape index (κ2) is 6.75. The van der Waals surface area contributed by atoms with E-state index in [2.05, 4.69) is 13.8 Å². The molecule has 0 saturated carbocycles. The molecule has 0 amide bonds. The van der Waals surface area contributed by atoms with Gasteiger partial charge in [0, 0.05) is 0 Å². The first-order valence-corrected chi connectivity index (χ1v) is 8.22. The molecule has 25 heavy (non-hydrogen) atoms. The van der Waals surface area contributed by atoms with Gasteiger partial charge in [0.05, 0.1) is 0 Å². The summed E-state index contributed by atoms with van der Waals surface area (Å²) in [7, 11) is 0. The number of halogens is 3. The van der Waals surface area contributed by atoms with Crippen LogP contribution in [0.15, 0.2) is 54.6 Å². The lowest BCUT2D eigenvalue weighted by atomic mass is 9.92. The van der Waals surface area contributed by atoms with E-state index in [1.165, 1.54) is 12.1 Å². The highest BCUT2D eigenvalue weighted by Gasteiger charge is 2.11. The first-order valence-electron chi connectivity index (χ1n) is 8.22. The second-order valence-corrected chi connectivity index (χ2v) is 6.59. The predicted octanol–water partition coefficient (Wildman–Crippen LogP) is 6.87. The van der Waals surface area contributed by atoms with E-state index in [4.69, 9.17) is 0 Å². The molecule has 0 aromatic heterocycles. The van der Waals surface area contributed by atoms with Crippen molar-refractivity contribution in [3.63, 3.8) is 0 Å². The van der Waals surface area contributed by atoms with Crippen molar-refractivity contribution in [1.82, 2.24) is 0 Å². The summed E-state index contributed by atoms with van der Waals surface area (Å²) in [5, 5.41) is 0. The van der Waals surface area contributed by atoms with Crippen LogP contribution in [-0.4, -0.2) is 0 Å². The Hall–Kier alpha value is -2.55. The number of rotatable bonds is 3. The highest BCUT2D eigenvalue weighted by Crippen LogP contribution is 2.32. The van der Waals surface area contributed by atoms with E-state index >= 15 is 0 Å². The van der Waals surface area contributed by atoms with E-state index in [1.807, 2.05) is 24.3 Å². The van der Waals surface area contributed by atoms with Crippen molar-refractivity contribution in [2.45, 2.75) is 26.7 Å². The minimum absolute atomic E-state index is 0.249. The van der Waals surface area contributed by atoms with Gasteiger partial charge in [-0.2, -0.15) is 0 Å². The average molecular weight is 340 g/mol. The van der Waals surface area contributed by atoms with Crippen molar-refractivity contribution < 1.29 is 13.2 Å². The van der Waals surface area contributed by atoms with E-state index in [0.717, 1.165) is 28.3 Å². The summed E-state index contributed by atoms with van der Waals surface area (Å²) in [4.78, 5) is 0. The van der Waals surface area contributed by atoms with E-state index in [-0.39, 0.29) is 11.7 Å². The molecule has 0 aliphatic carbocycles.